The fraction of sp³-hybridized carbons (Fsp3) is 0.333. The third kappa shape index (κ3) is 3.32. The zero-order valence-electron chi connectivity index (χ0n) is 17.3. The lowest BCUT2D eigenvalue weighted by molar-refractivity contribution is -0.145. The van der Waals surface area contributed by atoms with Gasteiger partial charge in [0.25, 0.3) is 0 Å². The highest BCUT2D eigenvalue weighted by molar-refractivity contribution is 7.89. The Morgan fingerprint density at radius 1 is 0.839 bits per heavy atom. The molecular formula is C24H24N2O4S. The molecule has 0 radical (unpaired) electrons. The molecule has 0 saturated carbocycles. The van der Waals surface area contributed by atoms with E-state index in [0.717, 1.165) is 16.7 Å². The number of benzene rings is 2. The van der Waals surface area contributed by atoms with Gasteiger partial charge in [-0.2, -0.15) is 4.31 Å². The molecule has 2 aliphatic heterocycles. The van der Waals surface area contributed by atoms with Gasteiger partial charge < -0.3 is 0 Å². The normalized spacial score (nSPS) is 24.4. The first-order chi connectivity index (χ1) is 14.9. The molecule has 0 bridgehead atoms. The van der Waals surface area contributed by atoms with Gasteiger partial charge >= 0.3 is 0 Å². The molecule has 3 aliphatic rings. The number of hydrogen-bond donors (Lipinski definition) is 0. The third-order valence-corrected chi connectivity index (χ3v) is 8.42. The van der Waals surface area contributed by atoms with E-state index >= 15 is 0 Å². The second-order valence-corrected chi connectivity index (χ2v) is 10.5. The van der Waals surface area contributed by atoms with Gasteiger partial charge in [-0.15, -0.1) is 0 Å². The molecular weight excluding hydrogens is 412 g/mol. The standard InChI is InChI=1S/C24H24N2O4S/c1-16-5-4-6-18(13-16)17-9-11-20(12-10-17)31(29,30)25-14-19(15-25)26-23(27)21-7-2-3-8-22(21)24(26)28/h2-6,9-13,19,21-22H,7-8,14-15H2,1H3/t21-,22-/m1/s1. The van der Waals surface area contributed by atoms with E-state index in [2.05, 4.69) is 6.07 Å². The summed E-state index contributed by atoms with van der Waals surface area (Å²) in [5, 5.41) is 0. The molecule has 2 heterocycles. The van der Waals surface area contributed by atoms with E-state index in [4.69, 9.17) is 0 Å². The lowest BCUT2D eigenvalue weighted by atomic mass is 9.85. The van der Waals surface area contributed by atoms with Crippen molar-refractivity contribution < 1.29 is 18.0 Å². The number of imide groups is 1. The molecule has 2 aromatic rings. The second kappa shape index (κ2) is 7.43. The van der Waals surface area contributed by atoms with Crippen molar-refractivity contribution in [3.05, 3.63) is 66.2 Å². The van der Waals surface area contributed by atoms with Crippen LogP contribution in [0.15, 0.2) is 65.6 Å². The number of rotatable bonds is 4. The summed E-state index contributed by atoms with van der Waals surface area (Å²) in [4.78, 5) is 27.0. The Morgan fingerprint density at radius 3 is 2.03 bits per heavy atom. The maximum atomic E-state index is 13.0. The molecule has 0 spiro atoms. The Bertz CT molecular complexity index is 1150. The van der Waals surface area contributed by atoms with Gasteiger partial charge in [0, 0.05) is 13.1 Å². The molecule has 0 unspecified atom stereocenters. The van der Waals surface area contributed by atoms with Crippen LogP contribution in [0.3, 0.4) is 0 Å². The minimum Gasteiger partial charge on any atom is -0.276 e. The summed E-state index contributed by atoms with van der Waals surface area (Å²) in [5.41, 5.74) is 3.13. The maximum Gasteiger partial charge on any atom is 0.243 e. The van der Waals surface area contributed by atoms with E-state index in [0.29, 0.717) is 12.8 Å². The first-order valence-electron chi connectivity index (χ1n) is 10.6. The molecule has 160 valence electrons. The van der Waals surface area contributed by atoms with Crippen molar-refractivity contribution in [2.24, 2.45) is 11.8 Å². The van der Waals surface area contributed by atoms with Gasteiger partial charge in [-0.3, -0.25) is 14.5 Å². The summed E-state index contributed by atoms with van der Waals surface area (Å²) in [7, 11) is -3.66. The molecule has 7 heteroatoms. The van der Waals surface area contributed by atoms with Crippen LogP contribution in [-0.4, -0.2) is 48.6 Å². The van der Waals surface area contributed by atoms with E-state index in [1.54, 1.807) is 12.1 Å². The monoisotopic (exact) mass is 436 g/mol. The fourth-order valence-corrected chi connectivity index (χ4v) is 6.27. The van der Waals surface area contributed by atoms with Crippen LogP contribution >= 0.6 is 0 Å². The number of likely N-dealkylation sites (tertiary alicyclic amines) is 1. The summed E-state index contributed by atoms with van der Waals surface area (Å²) >= 11 is 0. The van der Waals surface area contributed by atoms with Crippen molar-refractivity contribution in [1.82, 2.24) is 9.21 Å². The number of hydrogen-bond acceptors (Lipinski definition) is 4. The Labute approximate surface area is 182 Å². The summed E-state index contributed by atoms with van der Waals surface area (Å²) in [6, 6.07) is 14.5. The Morgan fingerprint density at radius 2 is 1.45 bits per heavy atom. The number of carbonyl (C=O) groups excluding carboxylic acids is 2. The number of aryl methyl sites for hydroxylation is 1. The predicted molar refractivity (Wildman–Crippen MR) is 116 cm³/mol. The van der Waals surface area contributed by atoms with E-state index in [1.807, 2.05) is 49.4 Å². The van der Waals surface area contributed by atoms with Crippen molar-refractivity contribution in [1.29, 1.82) is 0 Å². The van der Waals surface area contributed by atoms with Crippen molar-refractivity contribution in [2.75, 3.05) is 13.1 Å². The Balaban J connectivity index is 1.29. The number of amides is 2. The van der Waals surface area contributed by atoms with E-state index in [1.165, 1.54) is 9.21 Å². The molecule has 2 aromatic carbocycles. The molecule has 5 rings (SSSR count). The minimum atomic E-state index is -3.66. The zero-order chi connectivity index (χ0) is 21.8. The highest BCUT2D eigenvalue weighted by atomic mass is 32.2. The number of carbonyl (C=O) groups is 2. The zero-order valence-corrected chi connectivity index (χ0v) is 18.1. The van der Waals surface area contributed by atoms with Crippen molar-refractivity contribution in [3.8, 4) is 11.1 Å². The van der Waals surface area contributed by atoms with E-state index < -0.39 is 10.0 Å². The van der Waals surface area contributed by atoms with Gasteiger partial charge in [0.2, 0.25) is 21.8 Å². The molecule has 2 saturated heterocycles. The van der Waals surface area contributed by atoms with Crippen molar-refractivity contribution >= 4 is 21.8 Å². The number of fused-ring (bicyclic) bond motifs is 1. The average molecular weight is 437 g/mol. The number of allylic oxidation sites excluding steroid dienone is 2. The summed E-state index contributed by atoms with van der Waals surface area (Å²) in [5.74, 6) is -0.859. The molecule has 2 atom stereocenters. The van der Waals surface area contributed by atoms with Gasteiger partial charge in [-0.25, -0.2) is 8.42 Å². The molecule has 1 aliphatic carbocycles. The molecule has 31 heavy (non-hydrogen) atoms. The fourth-order valence-electron chi connectivity index (χ4n) is 4.76. The quantitative estimate of drug-likeness (QED) is 0.546. The first kappa shape index (κ1) is 20.2. The highest BCUT2D eigenvalue weighted by Crippen LogP contribution is 2.38. The second-order valence-electron chi connectivity index (χ2n) is 8.57. The van der Waals surface area contributed by atoms with Crippen LogP contribution in [0, 0.1) is 18.8 Å². The van der Waals surface area contributed by atoms with Crippen molar-refractivity contribution in [2.45, 2.75) is 30.7 Å². The number of nitrogens with zero attached hydrogens (tertiary/aromatic N) is 2. The molecule has 6 nitrogen and oxygen atoms in total. The van der Waals surface area contributed by atoms with Crippen LogP contribution in [0.25, 0.3) is 11.1 Å². The molecule has 2 amide bonds. The predicted octanol–water partition coefficient (Wildman–Crippen LogP) is 2.99. The van der Waals surface area contributed by atoms with Crippen LogP contribution in [0.1, 0.15) is 18.4 Å². The van der Waals surface area contributed by atoms with E-state index in [9.17, 15) is 18.0 Å². The lowest BCUT2D eigenvalue weighted by Crippen LogP contribution is -2.62. The lowest BCUT2D eigenvalue weighted by Gasteiger charge is -2.42. The van der Waals surface area contributed by atoms with Gasteiger partial charge in [0.1, 0.15) is 0 Å². The Kier molecular flexibility index (Phi) is 4.83. The van der Waals surface area contributed by atoms with Crippen LogP contribution in [-0.2, 0) is 19.6 Å². The van der Waals surface area contributed by atoms with Crippen molar-refractivity contribution in [3.63, 3.8) is 0 Å². The first-order valence-corrected chi connectivity index (χ1v) is 12.0. The largest absolute Gasteiger partial charge is 0.276 e. The molecule has 2 fully saturated rings. The topological polar surface area (TPSA) is 74.8 Å². The highest BCUT2D eigenvalue weighted by Gasteiger charge is 2.53. The summed E-state index contributed by atoms with van der Waals surface area (Å²) in [6.07, 6.45) is 5.09. The van der Waals surface area contributed by atoms with Gasteiger partial charge in [-0.1, -0.05) is 54.1 Å². The minimum absolute atomic E-state index is 0.149. The van der Waals surface area contributed by atoms with Gasteiger partial charge in [0.15, 0.2) is 0 Å². The number of sulfonamides is 1. The van der Waals surface area contributed by atoms with Crippen LogP contribution in [0.5, 0.6) is 0 Å². The maximum absolute atomic E-state index is 13.0. The SMILES string of the molecule is Cc1cccc(-c2ccc(S(=O)(=O)N3CC(N4C(=O)[C@@H]5CC=CC[C@H]5C4=O)C3)cc2)c1. The molecule has 0 N–H and O–H groups in total. The van der Waals surface area contributed by atoms with Gasteiger partial charge in [-0.05, 0) is 43.0 Å². The summed E-state index contributed by atoms with van der Waals surface area (Å²) in [6.45, 7) is 2.34. The third-order valence-electron chi connectivity index (χ3n) is 6.58. The molecule has 0 aromatic heterocycles. The van der Waals surface area contributed by atoms with Crippen LogP contribution in [0.2, 0.25) is 0 Å². The van der Waals surface area contributed by atoms with Crippen LogP contribution in [0.4, 0.5) is 0 Å². The summed E-state index contributed by atoms with van der Waals surface area (Å²) < 4.78 is 27.4. The van der Waals surface area contributed by atoms with E-state index in [-0.39, 0.29) is 47.7 Å². The smallest absolute Gasteiger partial charge is 0.243 e. The average Bonchev–Trinajstić information content (AvgIpc) is 2.98. The Hall–Kier alpha value is -2.77. The van der Waals surface area contributed by atoms with Crippen LogP contribution < -0.4 is 0 Å². The van der Waals surface area contributed by atoms with Gasteiger partial charge in [0.05, 0.1) is 22.8 Å².